The highest BCUT2D eigenvalue weighted by Crippen LogP contribution is 2.12. The molecule has 2 aliphatic heterocycles. The molecule has 0 radical (unpaired) electrons. The number of rotatable bonds is 3. The lowest BCUT2D eigenvalue weighted by atomic mass is 10.1. The Morgan fingerprint density at radius 2 is 1.92 bits per heavy atom. The summed E-state index contributed by atoms with van der Waals surface area (Å²) in [5.41, 5.74) is 1.07. The van der Waals surface area contributed by atoms with Crippen molar-refractivity contribution >= 4 is 43.1 Å². The third-order valence-electron chi connectivity index (χ3n) is 4.20. The number of aliphatic hydroxyl groups is 1. The van der Waals surface area contributed by atoms with E-state index in [0.717, 1.165) is 38.4 Å². The number of hydrogen-bond acceptors (Lipinski definition) is 5. The first-order chi connectivity index (χ1) is 10.2. The number of piperazine rings is 1. The predicted octanol–water partition coefficient (Wildman–Crippen LogP) is 0.714. The number of nitrogens with one attached hydrogen (secondary N) is 1. The minimum Gasteiger partial charge on any atom is -0.392 e. The molecule has 2 fully saturated rings. The van der Waals surface area contributed by atoms with Crippen molar-refractivity contribution in [3.63, 3.8) is 0 Å². The van der Waals surface area contributed by atoms with E-state index in [-0.39, 0.29) is 55.3 Å². The van der Waals surface area contributed by atoms with E-state index in [0.29, 0.717) is 13.0 Å². The molecular formula is C15H25Cl3N4O2. The van der Waals surface area contributed by atoms with E-state index in [1.807, 2.05) is 29.3 Å². The highest BCUT2D eigenvalue weighted by atomic mass is 35.5. The highest BCUT2D eigenvalue weighted by Gasteiger charge is 2.32. The van der Waals surface area contributed by atoms with Crippen LogP contribution in [0.25, 0.3) is 0 Å². The average Bonchev–Trinajstić information content (AvgIpc) is 2.95. The molecule has 1 aromatic rings. The highest BCUT2D eigenvalue weighted by molar-refractivity contribution is 5.86. The van der Waals surface area contributed by atoms with E-state index in [4.69, 9.17) is 0 Å². The molecule has 3 rings (SSSR count). The molecule has 6 nitrogen and oxygen atoms in total. The molecule has 24 heavy (non-hydrogen) atoms. The summed E-state index contributed by atoms with van der Waals surface area (Å²) in [5.74, 6) is 0.129. The Kier molecular flexibility index (Phi) is 10.8. The summed E-state index contributed by atoms with van der Waals surface area (Å²) in [4.78, 5) is 20.9. The average molecular weight is 400 g/mol. The second-order valence-corrected chi connectivity index (χ2v) is 5.77. The van der Waals surface area contributed by atoms with Crippen molar-refractivity contribution in [3.05, 3.63) is 30.1 Å². The van der Waals surface area contributed by atoms with Gasteiger partial charge in [-0.15, -0.1) is 37.2 Å². The van der Waals surface area contributed by atoms with Gasteiger partial charge in [0.15, 0.2) is 0 Å². The summed E-state index contributed by atoms with van der Waals surface area (Å²) >= 11 is 0. The Hall–Kier alpha value is -0.630. The number of carbonyl (C=O) groups excluding carboxylic acids is 1. The molecule has 0 spiro atoms. The van der Waals surface area contributed by atoms with Crippen molar-refractivity contribution in [1.82, 2.24) is 20.1 Å². The fraction of sp³-hybridized carbons (Fsp3) is 0.600. The number of nitrogens with zero attached hydrogens (tertiary/aromatic N) is 3. The van der Waals surface area contributed by atoms with Gasteiger partial charge in [0.25, 0.3) is 0 Å². The van der Waals surface area contributed by atoms with Gasteiger partial charge in [-0.3, -0.25) is 14.7 Å². The number of carbonyl (C=O) groups is 1. The minimum atomic E-state index is -0.385. The van der Waals surface area contributed by atoms with Gasteiger partial charge < -0.3 is 15.3 Å². The third-order valence-corrected chi connectivity index (χ3v) is 4.20. The molecule has 2 unspecified atom stereocenters. The molecule has 0 bridgehead atoms. The largest absolute Gasteiger partial charge is 0.392 e. The monoisotopic (exact) mass is 398 g/mol. The van der Waals surface area contributed by atoms with Crippen LogP contribution in [0, 0.1) is 0 Å². The Labute approximate surface area is 161 Å². The van der Waals surface area contributed by atoms with Crippen LogP contribution in [0.2, 0.25) is 0 Å². The van der Waals surface area contributed by atoms with Crippen LogP contribution in [0.3, 0.4) is 0 Å². The van der Waals surface area contributed by atoms with Crippen molar-refractivity contribution in [2.45, 2.75) is 25.1 Å². The summed E-state index contributed by atoms with van der Waals surface area (Å²) in [7, 11) is 0. The number of β-amino-alcohol motifs (C(OH)–C–C–N with tert-alkyl or cyclic N) is 1. The number of aliphatic hydroxyl groups excluding tert-OH is 1. The molecule has 2 atom stereocenters. The van der Waals surface area contributed by atoms with Crippen LogP contribution in [0.4, 0.5) is 0 Å². The molecule has 0 aromatic carbocycles. The summed E-state index contributed by atoms with van der Waals surface area (Å²) in [6, 6.07) is 5.74. The number of amides is 1. The summed E-state index contributed by atoms with van der Waals surface area (Å²) < 4.78 is 0. The molecular weight excluding hydrogens is 375 g/mol. The van der Waals surface area contributed by atoms with E-state index in [1.165, 1.54) is 0 Å². The van der Waals surface area contributed by atoms with E-state index in [2.05, 4.69) is 15.2 Å². The summed E-state index contributed by atoms with van der Waals surface area (Å²) in [5, 5.41) is 12.6. The maximum absolute atomic E-state index is 12.3. The zero-order valence-electron chi connectivity index (χ0n) is 13.3. The predicted molar refractivity (Wildman–Crippen MR) is 100 cm³/mol. The van der Waals surface area contributed by atoms with Gasteiger partial charge >= 0.3 is 0 Å². The van der Waals surface area contributed by atoms with E-state index in [1.54, 1.807) is 0 Å². The topological polar surface area (TPSA) is 68.7 Å². The first-order valence-electron chi connectivity index (χ1n) is 7.55. The van der Waals surface area contributed by atoms with Gasteiger partial charge in [-0.1, -0.05) is 6.07 Å². The maximum Gasteiger partial charge on any atom is 0.239 e. The Balaban J connectivity index is 0.00000176. The van der Waals surface area contributed by atoms with Crippen molar-refractivity contribution in [2.75, 3.05) is 32.7 Å². The van der Waals surface area contributed by atoms with Crippen molar-refractivity contribution in [1.29, 1.82) is 0 Å². The van der Waals surface area contributed by atoms with Gasteiger partial charge in [0, 0.05) is 45.5 Å². The Morgan fingerprint density at radius 3 is 2.46 bits per heavy atom. The zero-order chi connectivity index (χ0) is 14.7. The lowest BCUT2D eigenvalue weighted by molar-refractivity contribution is -0.135. The van der Waals surface area contributed by atoms with Gasteiger partial charge in [-0.25, -0.2) is 0 Å². The number of pyridine rings is 1. The Bertz CT molecular complexity index is 487. The van der Waals surface area contributed by atoms with Crippen LogP contribution in [0.5, 0.6) is 0 Å². The van der Waals surface area contributed by atoms with Gasteiger partial charge in [0.2, 0.25) is 5.91 Å². The van der Waals surface area contributed by atoms with Gasteiger partial charge in [-0.05, 0) is 18.6 Å². The molecule has 3 heterocycles. The van der Waals surface area contributed by atoms with Crippen LogP contribution in [-0.2, 0) is 11.3 Å². The van der Waals surface area contributed by atoms with Crippen molar-refractivity contribution < 1.29 is 9.90 Å². The quantitative estimate of drug-likeness (QED) is 0.784. The first-order valence-corrected chi connectivity index (χ1v) is 7.55. The fourth-order valence-corrected chi connectivity index (χ4v) is 2.97. The van der Waals surface area contributed by atoms with Gasteiger partial charge in [-0.2, -0.15) is 0 Å². The van der Waals surface area contributed by atoms with Crippen molar-refractivity contribution in [2.24, 2.45) is 0 Å². The van der Waals surface area contributed by atoms with Crippen molar-refractivity contribution in [3.8, 4) is 0 Å². The SMILES string of the molecule is Cl.Cl.Cl.O=C(C1CC(O)CN1)N1CCN(Cc2ccccn2)CC1. The normalized spacial score (nSPS) is 23.6. The molecule has 138 valence electrons. The lowest BCUT2D eigenvalue weighted by Gasteiger charge is -2.35. The third kappa shape index (κ3) is 6.02. The van der Waals surface area contributed by atoms with E-state index >= 15 is 0 Å². The standard InChI is InChI=1S/C15H22N4O2.3ClH/c20-13-9-14(17-10-13)15(21)19-7-5-18(6-8-19)11-12-3-1-2-4-16-12;;;/h1-4,13-14,17,20H,5-11H2;3*1H. The van der Waals surface area contributed by atoms with Crippen LogP contribution in [0.1, 0.15) is 12.1 Å². The molecule has 0 saturated carbocycles. The second-order valence-electron chi connectivity index (χ2n) is 5.77. The molecule has 2 N–H and O–H groups in total. The van der Waals surface area contributed by atoms with Crippen LogP contribution < -0.4 is 5.32 Å². The summed E-state index contributed by atoms with van der Waals surface area (Å²) in [6.07, 6.45) is 1.96. The van der Waals surface area contributed by atoms with E-state index < -0.39 is 0 Å². The first kappa shape index (κ1) is 23.4. The smallest absolute Gasteiger partial charge is 0.239 e. The minimum absolute atomic E-state index is 0. The lowest BCUT2D eigenvalue weighted by Crippen LogP contribution is -2.52. The molecule has 2 saturated heterocycles. The maximum atomic E-state index is 12.3. The molecule has 1 aromatic heterocycles. The Morgan fingerprint density at radius 1 is 1.21 bits per heavy atom. The molecule has 1 amide bonds. The second kappa shape index (κ2) is 11.1. The fourth-order valence-electron chi connectivity index (χ4n) is 2.97. The molecule has 9 heteroatoms. The summed E-state index contributed by atoms with van der Waals surface area (Å²) in [6.45, 7) is 4.61. The van der Waals surface area contributed by atoms with Crippen LogP contribution >= 0.6 is 37.2 Å². The van der Waals surface area contributed by atoms with Gasteiger partial charge in [0.1, 0.15) is 0 Å². The van der Waals surface area contributed by atoms with Crippen LogP contribution in [0.15, 0.2) is 24.4 Å². The number of halogens is 3. The van der Waals surface area contributed by atoms with Gasteiger partial charge in [0.05, 0.1) is 17.8 Å². The van der Waals surface area contributed by atoms with E-state index in [9.17, 15) is 9.90 Å². The number of hydrogen-bond donors (Lipinski definition) is 2. The van der Waals surface area contributed by atoms with Crippen LogP contribution in [-0.4, -0.2) is 70.7 Å². The number of aromatic nitrogens is 1. The molecule has 2 aliphatic rings. The zero-order valence-corrected chi connectivity index (χ0v) is 15.8. The molecule has 0 aliphatic carbocycles.